The second-order valence-corrected chi connectivity index (χ2v) is 7.62. The summed E-state index contributed by atoms with van der Waals surface area (Å²) in [6.45, 7) is 12.5. The van der Waals surface area contributed by atoms with E-state index in [1.54, 1.807) is 17.0 Å². The summed E-state index contributed by atoms with van der Waals surface area (Å²) in [5.41, 5.74) is -0.131. The minimum absolute atomic E-state index is 0.0716. The van der Waals surface area contributed by atoms with E-state index in [4.69, 9.17) is 9.47 Å². The van der Waals surface area contributed by atoms with Gasteiger partial charge in [-0.15, -0.1) is 0 Å². The fourth-order valence-electron chi connectivity index (χ4n) is 2.13. The second kappa shape index (κ2) is 7.64. The van der Waals surface area contributed by atoms with Crippen LogP contribution in [0, 0.1) is 0 Å². The average Bonchev–Trinajstić information content (AvgIpc) is 2.40. The van der Waals surface area contributed by atoms with Gasteiger partial charge in [-0.3, -0.25) is 0 Å². The molecule has 0 aliphatic carbocycles. The lowest BCUT2D eigenvalue weighted by molar-refractivity contribution is 0.00749. The molecule has 24 heavy (non-hydrogen) atoms. The quantitative estimate of drug-likeness (QED) is 0.853. The molecule has 0 aliphatic heterocycles. The van der Waals surface area contributed by atoms with E-state index in [-0.39, 0.29) is 17.4 Å². The topological polar surface area (TPSA) is 71.0 Å². The number of rotatable bonds is 5. The summed E-state index contributed by atoms with van der Waals surface area (Å²) in [6.07, 6.45) is -0.339. The first-order valence-electron chi connectivity index (χ1n) is 8.05. The molecule has 0 bridgehead atoms. The molecule has 0 saturated carbocycles. The molecule has 0 unspecified atom stereocenters. The fourth-order valence-corrected chi connectivity index (χ4v) is 2.13. The summed E-state index contributed by atoms with van der Waals surface area (Å²) in [4.78, 5) is 14.1. The molecule has 0 atom stereocenters. The number of nitrogens with zero attached hydrogens (tertiary/aromatic N) is 1. The van der Waals surface area contributed by atoms with Crippen molar-refractivity contribution >= 4 is 11.8 Å². The highest BCUT2D eigenvalue weighted by atomic mass is 16.6. The standard InChI is InChI=1S/C18H30N2O4/c1-17(2,3)20(16(22)24-18(4,5)6)11-10-19-13-8-9-15(23-7)14(21)12-13/h8-9,12,19,21H,10-11H2,1-7H3. The zero-order chi connectivity index (χ0) is 18.5. The van der Waals surface area contributed by atoms with Gasteiger partial charge in [0, 0.05) is 30.4 Å². The number of aromatic hydroxyl groups is 1. The molecule has 2 N–H and O–H groups in total. The Balaban J connectivity index is 2.69. The lowest BCUT2D eigenvalue weighted by Gasteiger charge is -2.37. The Bertz CT molecular complexity index is 559. The van der Waals surface area contributed by atoms with Crippen LogP contribution in [0.2, 0.25) is 0 Å². The van der Waals surface area contributed by atoms with E-state index in [9.17, 15) is 9.90 Å². The number of carbonyl (C=O) groups excluding carboxylic acids is 1. The number of hydrogen-bond donors (Lipinski definition) is 2. The Kier molecular flexibility index (Phi) is 6.35. The summed E-state index contributed by atoms with van der Waals surface area (Å²) in [5.74, 6) is 0.493. The van der Waals surface area contributed by atoms with Crippen molar-refractivity contribution in [3.63, 3.8) is 0 Å². The summed E-state index contributed by atoms with van der Waals surface area (Å²) < 4.78 is 10.5. The van der Waals surface area contributed by atoms with Crippen LogP contribution in [0.4, 0.5) is 10.5 Å². The van der Waals surface area contributed by atoms with Crippen molar-refractivity contribution < 1.29 is 19.4 Å². The van der Waals surface area contributed by atoms with Crippen molar-refractivity contribution in [2.75, 3.05) is 25.5 Å². The van der Waals surface area contributed by atoms with Gasteiger partial charge in [0.15, 0.2) is 11.5 Å². The summed E-state index contributed by atoms with van der Waals surface area (Å²) in [5, 5.41) is 13.0. The Morgan fingerprint density at radius 1 is 1.21 bits per heavy atom. The molecule has 6 nitrogen and oxygen atoms in total. The number of anilines is 1. The molecule has 136 valence electrons. The number of carbonyl (C=O) groups is 1. The number of benzene rings is 1. The van der Waals surface area contributed by atoms with Crippen molar-refractivity contribution in [1.29, 1.82) is 0 Å². The van der Waals surface area contributed by atoms with E-state index < -0.39 is 5.60 Å². The number of ether oxygens (including phenoxy) is 2. The molecular formula is C18H30N2O4. The Labute approximate surface area is 144 Å². The number of hydrogen-bond acceptors (Lipinski definition) is 5. The van der Waals surface area contributed by atoms with Crippen molar-refractivity contribution in [2.45, 2.75) is 52.7 Å². The van der Waals surface area contributed by atoms with Gasteiger partial charge in [-0.05, 0) is 53.7 Å². The SMILES string of the molecule is COc1ccc(NCCN(C(=O)OC(C)(C)C)C(C)(C)C)cc1O. The molecule has 1 aromatic rings. The molecule has 0 aromatic heterocycles. The third-order valence-electron chi connectivity index (χ3n) is 3.27. The van der Waals surface area contributed by atoms with E-state index >= 15 is 0 Å². The predicted octanol–water partition coefficient (Wildman–Crippen LogP) is 3.85. The maximum Gasteiger partial charge on any atom is 0.410 e. The van der Waals surface area contributed by atoms with Crippen LogP contribution in [0.3, 0.4) is 0 Å². The first kappa shape index (κ1) is 19.9. The van der Waals surface area contributed by atoms with Crippen molar-refractivity contribution in [2.24, 2.45) is 0 Å². The number of nitrogens with one attached hydrogen (secondary N) is 1. The van der Waals surface area contributed by atoms with Gasteiger partial charge in [0.25, 0.3) is 0 Å². The lowest BCUT2D eigenvalue weighted by atomic mass is 10.1. The van der Waals surface area contributed by atoms with Gasteiger partial charge in [0.2, 0.25) is 0 Å². The smallest absolute Gasteiger partial charge is 0.410 e. The monoisotopic (exact) mass is 338 g/mol. The molecule has 1 amide bonds. The van der Waals surface area contributed by atoms with E-state index in [2.05, 4.69) is 5.32 Å². The van der Waals surface area contributed by atoms with Crippen LogP contribution >= 0.6 is 0 Å². The van der Waals surface area contributed by atoms with Crippen LogP contribution in [0.25, 0.3) is 0 Å². The highest BCUT2D eigenvalue weighted by Gasteiger charge is 2.30. The predicted molar refractivity (Wildman–Crippen MR) is 95.8 cm³/mol. The molecule has 1 aromatic carbocycles. The van der Waals surface area contributed by atoms with Gasteiger partial charge in [-0.2, -0.15) is 0 Å². The lowest BCUT2D eigenvalue weighted by Crippen LogP contribution is -2.49. The van der Waals surface area contributed by atoms with Crippen LogP contribution in [0.15, 0.2) is 18.2 Å². The molecule has 6 heteroatoms. The molecule has 0 spiro atoms. The van der Waals surface area contributed by atoms with Crippen LogP contribution in [-0.2, 0) is 4.74 Å². The number of phenols is 1. The molecule has 0 radical (unpaired) electrons. The zero-order valence-corrected chi connectivity index (χ0v) is 15.8. The summed E-state index contributed by atoms with van der Waals surface area (Å²) >= 11 is 0. The maximum atomic E-state index is 12.4. The van der Waals surface area contributed by atoms with Gasteiger partial charge < -0.3 is 24.8 Å². The highest BCUT2D eigenvalue weighted by Crippen LogP contribution is 2.28. The van der Waals surface area contributed by atoms with Crippen molar-refractivity contribution in [3.8, 4) is 11.5 Å². The first-order chi connectivity index (χ1) is 10.9. The molecular weight excluding hydrogens is 308 g/mol. The maximum absolute atomic E-state index is 12.4. The van der Waals surface area contributed by atoms with Crippen LogP contribution in [0.1, 0.15) is 41.5 Å². The summed E-state index contributed by atoms with van der Waals surface area (Å²) in [7, 11) is 1.50. The Hall–Kier alpha value is -2.11. The zero-order valence-electron chi connectivity index (χ0n) is 15.8. The van der Waals surface area contributed by atoms with Crippen LogP contribution in [0.5, 0.6) is 11.5 Å². The number of phenolic OH excluding ortho intramolecular Hbond substituents is 1. The van der Waals surface area contributed by atoms with Gasteiger partial charge in [0.05, 0.1) is 7.11 Å². The molecule has 0 aliphatic rings. The van der Waals surface area contributed by atoms with Gasteiger partial charge >= 0.3 is 6.09 Å². The van der Waals surface area contributed by atoms with Crippen LogP contribution in [-0.4, -0.2) is 47.4 Å². The normalized spacial score (nSPS) is 11.8. The van der Waals surface area contributed by atoms with Gasteiger partial charge in [-0.1, -0.05) is 0 Å². The van der Waals surface area contributed by atoms with E-state index in [0.717, 1.165) is 5.69 Å². The largest absolute Gasteiger partial charge is 0.504 e. The molecule has 1 rings (SSSR count). The third-order valence-corrected chi connectivity index (χ3v) is 3.27. The van der Waals surface area contributed by atoms with Crippen molar-refractivity contribution in [3.05, 3.63) is 18.2 Å². The molecule has 0 heterocycles. The fraction of sp³-hybridized carbons (Fsp3) is 0.611. The number of methoxy groups -OCH3 is 1. The number of amides is 1. The minimum atomic E-state index is -0.532. The highest BCUT2D eigenvalue weighted by molar-refractivity contribution is 5.69. The van der Waals surface area contributed by atoms with Crippen LogP contribution < -0.4 is 10.1 Å². The average molecular weight is 338 g/mol. The van der Waals surface area contributed by atoms with Gasteiger partial charge in [0.1, 0.15) is 5.60 Å². The van der Waals surface area contributed by atoms with E-state index in [1.165, 1.54) is 7.11 Å². The molecule has 0 fully saturated rings. The van der Waals surface area contributed by atoms with E-state index in [0.29, 0.717) is 18.8 Å². The third kappa shape index (κ3) is 6.18. The first-order valence-corrected chi connectivity index (χ1v) is 8.05. The Morgan fingerprint density at radius 2 is 1.83 bits per heavy atom. The Morgan fingerprint density at radius 3 is 2.29 bits per heavy atom. The minimum Gasteiger partial charge on any atom is -0.504 e. The van der Waals surface area contributed by atoms with E-state index in [1.807, 2.05) is 47.6 Å². The van der Waals surface area contributed by atoms with Gasteiger partial charge in [-0.25, -0.2) is 4.79 Å². The summed E-state index contributed by atoms with van der Waals surface area (Å²) in [6, 6.07) is 5.09. The second-order valence-electron chi connectivity index (χ2n) is 7.62. The molecule has 0 saturated heterocycles. The van der Waals surface area contributed by atoms with Crippen molar-refractivity contribution in [1.82, 2.24) is 4.90 Å².